The quantitative estimate of drug-likeness (QED) is 0.516. The molecule has 0 saturated heterocycles. The van der Waals surface area contributed by atoms with E-state index in [4.69, 9.17) is 9.84 Å². The summed E-state index contributed by atoms with van der Waals surface area (Å²) in [4.78, 5) is 10.9. The Balaban J connectivity index is 1.86. The minimum Gasteiger partial charge on any atom is -0.491 e. The van der Waals surface area contributed by atoms with Gasteiger partial charge in [0.05, 0.1) is 12.2 Å². The van der Waals surface area contributed by atoms with Crippen molar-refractivity contribution in [2.24, 2.45) is 5.92 Å². The van der Waals surface area contributed by atoms with E-state index in [0.29, 0.717) is 12.2 Å². The number of unbranched alkanes of at least 4 members (excludes halogenated alkanes) is 2. The van der Waals surface area contributed by atoms with Gasteiger partial charge in [0.25, 0.3) is 0 Å². The van der Waals surface area contributed by atoms with Crippen LogP contribution in [0.3, 0.4) is 0 Å². The first-order chi connectivity index (χ1) is 12.5. The molecule has 2 rings (SSSR count). The molecule has 0 spiro atoms. The van der Waals surface area contributed by atoms with Crippen LogP contribution in [0, 0.1) is 11.7 Å². The van der Waals surface area contributed by atoms with Gasteiger partial charge in [0.2, 0.25) is 0 Å². The van der Waals surface area contributed by atoms with Crippen LogP contribution < -0.4 is 4.74 Å². The van der Waals surface area contributed by atoms with Gasteiger partial charge in [-0.15, -0.1) is 0 Å². The van der Waals surface area contributed by atoms with Crippen molar-refractivity contribution in [1.29, 1.82) is 0 Å². The normalized spacial score (nSPS) is 12.0. The van der Waals surface area contributed by atoms with Crippen LogP contribution >= 0.6 is 0 Å². The van der Waals surface area contributed by atoms with E-state index in [2.05, 4.69) is 13.8 Å². The van der Waals surface area contributed by atoms with Crippen molar-refractivity contribution in [2.75, 3.05) is 6.61 Å². The summed E-state index contributed by atoms with van der Waals surface area (Å²) in [7, 11) is 0. The van der Waals surface area contributed by atoms with Crippen molar-refractivity contribution < 1.29 is 19.0 Å². The molecular weight excluding hydrogens is 331 g/mol. The fourth-order valence-corrected chi connectivity index (χ4v) is 2.76. The maximum absolute atomic E-state index is 14.3. The van der Waals surface area contributed by atoms with Gasteiger partial charge in [0, 0.05) is 0 Å². The second-order valence-corrected chi connectivity index (χ2v) is 6.74. The second-order valence-electron chi connectivity index (χ2n) is 6.74. The molecule has 0 aliphatic rings. The highest BCUT2D eigenvalue weighted by Gasteiger charge is 2.08. The van der Waals surface area contributed by atoms with E-state index < -0.39 is 11.8 Å². The van der Waals surface area contributed by atoms with Gasteiger partial charge < -0.3 is 9.84 Å². The number of carboxylic acids is 1. The van der Waals surface area contributed by atoms with Gasteiger partial charge in [0.1, 0.15) is 0 Å². The Labute approximate surface area is 154 Å². The van der Waals surface area contributed by atoms with Gasteiger partial charge in [-0.1, -0.05) is 57.7 Å². The van der Waals surface area contributed by atoms with Crippen LogP contribution in [-0.4, -0.2) is 17.7 Å². The highest BCUT2D eigenvalue weighted by Crippen LogP contribution is 2.26. The fraction of sp³-hybridized carbons (Fsp3) is 0.409. The first-order valence-corrected chi connectivity index (χ1v) is 9.27. The lowest BCUT2D eigenvalue weighted by molar-refractivity contribution is 0.0697. The molecule has 0 aromatic heterocycles. The van der Waals surface area contributed by atoms with Crippen LogP contribution in [0.5, 0.6) is 5.75 Å². The summed E-state index contributed by atoms with van der Waals surface area (Å²) < 4.78 is 19.8. The number of ether oxygens (including phenoxy) is 1. The molecule has 0 aliphatic carbocycles. The minimum atomic E-state index is -0.976. The zero-order valence-corrected chi connectivity index (χ0v) is 15.5. The molecule has 0 bridgehead atoms. The highest BCUT2D eigenvalue weighted by atomic mass is 19.1. The van der Waals surface area contributed by atoms with Crippen molar-refractivity contribution in [3.05, 3.63) is 53.8 Å². The minimum absolute atomic E-state index is 0.211. The van der Waals surface area contributed by atoms with E-state index in [0.717, 1.165) is 24.3 Å². The Kier molecular flexibility index (Phi) is 7.64. The standard InChI is InChI=1S/C22H27FO3/c1-3-16(2)7-5-4-6-14-26-21-13-12-19(15-20(21)23)17-8-10-18(11-9-17)22(24)25/h8-13,15-16H,3-7,14H2,1-2H3,(H,24,25)/t16-/m0/s1. The summed E-state index contributed by atoms with van der Waals surface area (Å²) in [5, 5.41) is 8.93. The molecule has 0 unspecified atom stereocenters. The second kappa shape index (κ2) is 9.95. The number of hydrogen-bond donors (Lipinski definition) is 1. The topological polar surface area (TPSA) is 46.5 Å². The number of carboxylic acid groups (broad SMARTS) is 1. The molecule has 0 amide bonds. The SMILES string of the molecule is CC[C@H](C)CCCCCOc1ccc(-c2ccc(C(=O)O)cc2)cc1F. The average Bonchev–Trinajstić information content (AvgIpc) is 2.65. The van der Waals surface area contributed by atoms with E-state index in [1.54, 1.807) is 24.3 Å². The van der Waals surface area contributed by atoms with Crippen LogP contribution in [0.1, 0.15) is 56.3 Å². The smallest absolute Gasteiger partial charge is 0.335 e. The summed E-state index contributed by atoms with van der Waals surface area (Å²) in [5.74, 6) is -0.344. The molecule has 0 radical (unpaired) electrons. The molecule has 1 N–H and O–H groups in total. The third-order valence-electron chi connectivity index (χ3n) is 4.69. The molecule has 2 aromatic rings. The molecule has 0 heterocycles. The van der Waals surface area contributed by atoms with E-state index >= 15 is 0 Å². The van der Waals surface area contributed by atoms with Crippen molar-refractivity contribution in [1.82, 2.24) is 0 Å². The van der Waals surface area contributed by atoms with Crippen LogP contribution in [0.2, 0.25) is 0 Å². The van der Waals surface area contributed by atoms with Gasteiger partial charge in [0.15, 0.2) is 11.6 Å². The first kappa shape index (κ1) is 20.0. The highest BCUT2D eigenvalue weighted by molar-refractivity contribution is 5.88. The number of benzene rings is 2. The Morgan fingerprint density at radius 2 is 1.77 bits per heavy atom. The van der Waals surface area contributed by atoms with Crippen molar-refractivity contribution in [3.8, 4) is 16.9 Å². The van der Waals surface area contributed by atoms with Crippen LogP contribution in [-0.2, 0) is 0 Å². The maximum Gasteiger partial charge on any atom is 0.335 e. The largest absolute Gasteiger partial charge is 0.491 e. The number of halogens is 1. The fourth-order valence-electron chi connectivity index (χ4n) is 2.76. The molecule has 26 heavy (non-hydrogen) atoms. The number of hydrogen-bond acceptors (Lipinski definition) is 2. The Bertz CT molecular complexity index is 710. The van der Waals surface area contributed by atoms with E-state index in [-0.39, 0.29) is 11.3 Å². The van der Waals surface area contributed by atoms with Crippen LogP contribution in [0.25, 0.3) is 11.1 Å². The van der Waals surface area contributed by atoms with Gasteiger partial charge in [-0.3, -0.25) is 0 Å². The van der Waals surface area contributed by atoms with Gasteiger partial charge in [-0.25, -0.2) is 9.18 Å². The van der Waals surface area contributed by atoms with E-state index in [9.17, 15) is 9.18 Å². The third kappa shape index (κ3) is 5.87. The predicted octanol–water partition coefficient (Wildman–Crippen LogP) is 6.18. The molecule has 3 nitrogen and oxygen atoms in total. The Morgan fingerprint density at radius 1 is 1.08 bits per heavy atom. The lowest BCUT2D eigenvalue weighted by Crippen LogP contribution is -2.00. The van der Waals surface area contributed by atoms with Gasteiger partial charge in [-0.2, -0.15) is 0 Å². The number of carbonyl (C=O) groups is 1. The van der Waals surface area contributed by atoms with Crippen LogP contribution in [0.4, 0.5) is 4.39 Å². The molecule has 0 fully saturated rings. The zero-order chi connectivity index (χ0) is 18.9. The summed E-state index contributed by atoms with van der Waals surface area (Å²) in [6, 6.07) is 11.2. The Morgan fingerprint density at radius 3 is 2.38 bits per heavy atom. The summed E-state index contributed by atoms with van der Waals surface area (Å²) in [6.07, 6.45) is 5.66. The zero-order valence-electron chi connectivity index (χ0n) is 15.5. The van der Waals surface area contributed by atoms with Crippen LogP contribution in [0.15, 0.2) is 42.5 Å². The predicted molar refractivity (Wildman–Crippen MR) is 102 cm³/mol. The summed E-state index contributed by atoms with van der Waals surface area (Å²) in [6.45, 7) is 4.99. The third-order valence-corrected chi connectivity index (χ3v) is 4.69. The number of aromatic carboxylic acids is 1. The van der Waals surface area contributed by atoms with Crippen molar-refractivity contribution >= 4 is 5.97 Å². The van der Waals surface area contributed by atoms with E-state index in [1.807, 2.05) is 0 Å². The Hall–Kier alpha value is -2.36. The molecule has 140 valence electrons. The molecular formula is C22H27FO3. The average molecular weight is 358 g/mol. The van der Waals surface area contributed by atoms with E-state index in [1.165, 1.54) is 37.5 Å². The van der Waals surface area contributed by atoms with Gasteiger partial charge >= 0.3 is 5.97 Å². The summed E-state index contributed by atoms with van der Waals surface area (Å²) >= 11 is 0. The summed E-state index contributed by atoms with van der Waals surface area (Å²) in [5.41, 5.74) is 1.67. The molecule has 0 saturated carbocycles. The van der Waals surface area contributed by atoms with Gasteiger partial charge in [-0.05, 0) is 47.7 Å². The molecule has 2 aromatic carbocycles. The monoisotopic (exact) mass is 358 g/mol. The molecule has 4 heteroatoms. The van der Waals surface area contributed by atoms with Crippen molar-refractivity contribution in [3.63, 3.8) is 0 Å². The first-order valence-electron chi connectivity index (χ1n) is 9.27. The lowest BCUT2D eigenvalue weighted by atomic mass is 10.0. The molecule has 0 aliphatic heterocycles. The number of rotatable bonds is 10. The maximum atomic E-state index is 14.3. The van der Waals surface area contributed by atoms with Crippen molar-refractivity contribution in [2.45, 2.75) is 46.0 Å². The molecule has 1 atom stereocenters. The lowest BCUT2D eigenvalue weighted by Gasteiger charge is -2.10.